The molecule has 0 aliphatic carbocycles. The molecule has 0 aliphatic heterocycles. The third kappa shape index (κ3) is 4.08. The number of hydrogen-bond acceptors (Lipinski definition) is 1. The van der Waals surface area contributed by atoms with E-state index in [0.29, 0.717) is 13.0 Å². The minimum Gasteiger partial charge on any atom is -0.312 e. The summed E-state index contributed by atoms with van der Waals surface area (Å²) in [6.45, 7) is 2.50. The van der Waals surface area contributed by atoms with E-state index in [4.69, 9.17) is 0 Å². The van der Waals surface area contributed by atoms with Crippen LogP contribution in [0.15, 0.2) is 34.8 Å². The zero-order valence-corrected chi connectivity index (χ0v) is 13.1. The lowest BCUT2D eigenvalue weighted by atomic mass is 10.1. The summed E-state index contributed by atoms with van der Waals surface area (Å²) in [4.78, 5) is 0. The number of aryl methyl sites for hydroxylation is 1. The van der Waals surface area contributed by atoms with Gasteiger partial charge in [-0.2, -0.15) is 0 Å². The molecule has 2 aromatic carbocycles. The smallest absolute Gasteiger partial charge is 0.144 e. The molecule has 0 unspecified atom stereocenters. The van der Waals surface area contributed by atoms with Crippen molar-refractivity contribution in [1.29, 1.82) is 0 Å². The van der Waals surface area contributed by atoms with Crippen LogP contribution in [0.2, 0.25) is 0 Å². The second-order valence-corrected chi connectivity index (χ2v) is 5.67. The Hall–Kier alpha value is -1.33. The van der Waals surface area contributed by atoms with E-state index >= 15 is 0 Å². The zero-order chi connectivity index (χ0) is 15.4. The van der Waals surface area contributed by atoms with E-state index in [2.05, 4.69) is 21.2 Å². The van der Waals surface area contributed by atoms with Gasteiger partial charge in [-0.15, -0.1) is 0 Å². The summed E-state index contributed by atoms with van der Waals surface area (Å²) < 4.78 is 40.5. The molecule has 21 heavy (non-hydrogen) atoms. The molecule has 0 bridgehead atoms. The Morgan fingerprint density at radius 3 is 2.57 bits per heavy atom. The van der Waals surface area contributed by atoms with Crippen LogP contribution in [0.3, 0.4) is 0 Å². The molecule has 0 aromatic heterocycles. The first-order chi connectivity index (χ1) is 9.99. The van der Waals surface area contributed by atoms with Crippen LogP contribution in [0.5, 0.6) is 0 Å². The maximum absolute atomic E-state index is 13.8. The molecule has 0 heterocycles. The number of hydrogen-bond donors (Lipinski definition) is 1. The average Bonchev–Trinajstić information content (AvgIpc) is 2.44. The first-order valence-corrected chi connectivity index (χ1v) is 7.36. The highest BCUT2D eigenvalue weighted by molar-refractivity contribution is 9.10. The molecule has 0 radical (unpaired) electrons. The van der Waals surface area contributed by atoms with Gasteiger partial charge < -0.3 is 5.32 Å². The van der Waals surface area contributed by atoms with Crippen molar-refractivity contribution in [2.24, 2.45) is 0 Å². The van der Waals surface area contributed by atoms with E-state index in [1.807, 2.05) is 6.92 Å². The fraction of sp³-hybridized carbons (Fsp3) is 0.250. The molecule has 1 N–H and O–H groups in total. The van der Waals surface area contributed by atoms with Crippen molar-refractivity contribution in [1.82, 2.24) is 5.32 Å². The van der Waals surface area contributed by atoms with Crippen molar-refractivity contribution in [3.63, 3.8) is 0 Å². The van der Waals surface area contributed by atoms with Gasteiger partial charge in [0.15, 0.2) is 0 Å². The quantitative estimate of drug-likeness (QED) is 0.613. The third-order valence-corrected chi connectivity index (χ3v) is 3.93. The number of rotatable bonds is 5. The molecular weight excluding hydrogens is 343 g/mol. The summed E-state index contributed by atoms with van der Waals surface area (Å²) in [7, 11) is 0. The monoisotopic (exact) mass is 357 g/mol. The second kappa shape index (κ2) is 7.09. The van der Waals surface area contributed by atoms with Crippen LogP contribution in [-0.4, -0.2) is 6.54 Å². The average molecular weight is 358 g/mol. The largest absolute Gasteiger partial charge is 0.312 e. The van der Waals surface area contributed by atoms with Crippen molar-refractivity contribution in [2.45, 2.75) is 19.9 Å². The maximum atomic E-state index is 13.8. The minimum atomic E-state index is -0.583. The molecule has 1 nitrogen and oxygen atoms in total. The molecular formula is C16H15BrF3N. The van der Waals surface area contributed by atoms with Gasteiger partial charge in [0.05, 0.1) is 4.47 Å². The van der Waals surface area contributed by atoms with Crippen LogP contribution < -0.4 is 5.32 Å². The van der Waals surface area contributed by atoms with Crippen LogP contribution in [0.4, 0.5) is 13.2 Å². The van der Waals surface area contributed by atoms with E-state index in [9.17, 15) is 13.2 Å². The first kappa shape index (κ1) is 16.0. The predicted octanol–water partition coefficient (Wildman–Crippen LogP) is 4.51. The van der Waals surface area contributed by atoms with Gasteiger partial charge in [-0.1, -0.05) is 6.07 Å². The van der Waals surface area contributed by atoms with E-state index in [1.165, 1.54) is 24.3 Å². The highest BCUT2D eigenvalue weighted by Gasteiger charge is 2.11. The van der Waals surface area contributed by atoms with Crippen molar-refractivity contribution in [3.8, 4) is 0 Å². The lowest BCUT2D eigenvalue weighted by molar-refractivity contribution is 0.532. The predicted molar refractivity (Wildman–Crippen MR) is 80.6 cm³/mol. The van der Waals surface area contributed by atoms with Crippen LogP contribution in [0.1, 0.15) is 16.7 Å². The molecule has 5 heteroatoms. The molecule has 2 rings (SSSR count). The van der Waals surface area contributed by atoms with Crippen LogP contribution in [-0.2, 0) is 13.0 Å². The Labute approximate surface area is 130 Å². The highest BCUT2D eigenvalue weighted by Crippen LogP contribution is 2.21. The van der Waals surface area contributed by atoms with Gasteiger partial charge in [0.1, 0.15) is 17.5 Å². The Morgan fingerprint density at radius 1 is 1.10 bits per heavy atom. The van der Waals surface area contributed by atoms with Gasteiger partial charge in [0, 0.05) is 12.1 Å². The van der Waals surface area contributed by atoms with Gasteiger partial charge in [0.2, 0.25) is 0 Å². The zero-order valence-electron chi connectivity index (χ0n) is 11.5. The number of benzene rings is 2. The Morgan fingerprint density at radius 2 is 1.86 bits per heavy atom. The molecule has 0 fully saturated rings. The summed E-state index contributed by atoms with van der Waals surface area (Å²) in [5.41, 5.74) is 1.90. The summed E-state index contributed by atoms with van der Waals surface area (Å²) in [6, 6.07) is 7.19. The van der Waals surface area contributed by atoms with Crippen molar-refractivity contribution in [3.05, 3.63) is 68.9 Å². The number of nitrogens with one attached hydrogen (secondary N) is 1. The van der Waals surface area contributed by atoms with Crippen LogP contribution >= 0.6 is 15.9 Å². The van der Waals surface area contributed by atoms with Gasteiger partial charge in [-0.05, 0) is 71.2 Å². The summed E-state index contributed by atoms with van der Waals surface area (Å²) >= 11 is 3.04. The van der Waals surface area contributed by atoms with E-state index < -0.39 is 11.6 Å². The third-order valence-electron chi connectivity index (χ3n) is 3.32. The first-order valence-electron chi connectivity index (χ1n) is 6.57. The van der Waals surface area contributed by atoms with Crippen molar-refractivity contribution >= 4 is 15.9 Å². The Bertz CT molecular complexity index is 644. The van der Waals surface area contributed by atoms with Gasteiger partial charge in [-0.25, -0.2) is 13.2 Å². The molecule has 0 saturated carbocycles. The van der Waals surface area contributed by atoms with E-state index in [0.717, 1.165) is 11.1 Å². The fourth-order valence-corrected chi connectivity index (χ4v) is 2.48. The van der Waals surface area contributed by atoms with Crippen LogP contribution in [0, 0.1) is 24.4 Å². The lowest BCUT2D eigenvalue weighted by Gasteiger charge is -2.09. The highest BCUT2D eigenvalue weighted by atomic mass is 79.9. The minimum absolute atomic E-state index is 0.0141. The summed E-state index contributed by atoms with van der Waals surface area (Å²) in [5.74, 6) is -1.41. The van der Waals surface area contributed by atoms with Crippen molar-refractivity contribution in [2.75, 3.05) is 6.54 Å². The Kier molecular flexibility index (Phi) is 5.42. The van der Waals surface area contributed by atoms with Gasteiger partial charge >= 0.3 is 0 Å². The van der Waals surface area contributed by atoms with Crippen molar-refractivity contribution < 1.29 is 13.2 Å². The van der Waals surface area contributed by atoms with Crippen LogP contribution in [0.25, 0.3) is 0 Å². The SMILES string of the molecule is Cc1cc(F)ccc1CCNCc1c(F)ccc(Br)c1F. The maximum Gasteiger partial charge on any atom is 0.144 e. The molecule has 112 valence electrons. The lowest BCUT2D eigenvalue weighted by Crippen LogP contribution is -2.19. The molecule has 0 saturated heterocycles. The normalized spacial score (nSPS) is 10.9. The summed E-state index contributed by atoms with van der Waals surface area (Å²) in [5, 5.41) is 3.01. The molecule has 0 atom stereocenters. The second-order valence-electron chi connectivity index (χ2n) is 4.82. The topological polar surface area (TPSA) is 12.0 Å². The molecule has 0 amide bonds. The van der Waals surface area contributed by atoms with E-state index in [-0.39, 0.29) is 22.4 Å². The fourth-order valence-electron chi connectivity index (χ4n) is 2.11. The molecule has 0 spiro atoms. The standard InChI is InChI=1S/C16H15BrF3N/c1-10-8-12(18)3-2-11(10)6-7-21-9-13-15(19)5-4-14(17)16(13)20/h2-5,8,21H,6-7,9H2,1H3. The van der Waals surface area contributed by atoms with Gasteiger partial charge in [-0.3, -0.25) is 0 Å². The number of halogens is 4. The van der Waals surface area contributed by atoms with E-state index in [1.54, 1.807) is 6.07 Å². The molecule has 0 aliphatic rings. The summed E-state index contributed by atoms with van der Waals surface area (Å²) in [6.07, 6.45) is 0.670. The Balaban J connectivity index is 1.92. The van der Waals surface area contributed by atoms with Gasteiger partial charge in [0.25, 0.3) is 0 Å². The molecule has 2 aromatic rings.